The van der Waals surface area contributed by atoms with E-state index in [9.17, 15) is 14.4 Å². The maximum absolute atomic E-state index is 12.6. The van der Waals surface area contributed by atoms with E-state index in [1.54, 1.807) is 24.3 Å². The minimum absolute atomic E-state index is 0.0923. The second-order valence-corrected chi connectivity index (χ2v) is 5.61. The van der Waals surface area contributed by atoms with Crippen molar-refractivity contribution < 1.29 is 14.4 Å². The first-order valence-electron chi connectivity index (χ1n) is 7.78. The van der Waals surface area contributed by atoms with Gasteiger partial charge in [-0.2, -0.15) is 0 Å². The molecule has 2 aromatic rings. The number of rotatable bonds is 5. The van der Waals surface area contributed by atoms with Crippen molar-refractivity contribution in [3.05, 3.63) is 47.5 Å². The molecule has 0 saturated heterocycles. The molecule has 0 aromatic heterocycles. The Morgan fingerprint density at radius 1 is 1.04 bits per heavy atom. The van der Waals surface area contributed by atoms with Crippen LogP contribution in [0.15, 0.2) is 36.4 Å². The van der Waals surface area contributed by atoms with Gasteiger partial charge in [0.2, 0.25) is 5.91 Å². The second-order valence-electron chi connectivity index (χ2n) is 5.61. The first-order chi connectivity index (χ1) is 11.1. The zero-order valence-corrected chi connectivity index (χ0v) is 13.0. The van der Waals surface area contributed by atoms with Gasteiger partial charge >= 0.3 is 0 Å². The molecule has 0 saturated carbocycles. The van der Waals surface area contributed by atoms with Crippen molar-refractivity contribution in [2.75, 3.05) is 6.67 Å². The lowest BCUT2D eigenvalue weighted by Gasteiger charge is -2.27. The number of nitrogens with one attached hydrogen (secondary N) is 1. The van der Waals surface area contributed by atoms with Crippen molar-refractivity contribution in [3.63, 3.8) is 0 Å². The van der Waals surface area contributed by atoms with Crippen molar-refractivity contribution in [3.8, 4) is 0 Å². The SMILES string of the molecule is CCCCC(=O)NCN1C(=O)c2cccc3cccc(c23)C1=O. The van der Waals surface area contributed by atoms with Crippen LogP contribution in [0, 0.1) is 0 Å². The molecule has 118 valence electrons. The minimum atomic E-state index is -0.366. The summed E-state index contributed by atoms with van der Waals surface area (Å²) in [6.07, 6.45) is 2.11. The van der Waals surface area contributed by atoms with E-state index in [-0.39, 0.29) is 24.4 Å². The van der Waals surface area contributed by atoms with Gasteiger partial charge in [-0.3, -0.25) is 19.3 Å². The maximum Gasteiger partial charge on any atom is 0.262 e. The van der Waals surface area contributed by atoms with Gasteiger partial charge in [0.05, 0.1) is 0 Å². The van der Waals surface area contributed by atoms with Crippen LogP contribution < -0.4 is 5.32 Å². The third kappa shape index (κ3) is 2.70. The van der Waals surface area contributed by atoms with Crippen molar-refractivity contribution in [2.45, 2.75) is 26.2 Å². The van der Waals surface area contributed by atoms with Gasteiger partial charge in [-0.25, -0.2) is 0 Å². The summed E-state index contributed by atoms with van der Waals surface area (Å²) in [5, 5.41) is 4.22. The summed E-state index contributed by atoms with van der Waals surface area (Å²) in [7, 11) is 0. The largest absolute Gasteiger partial charge is 0.338 e. The van der Waals surface area contributed by atoms with Crippen molar-refractivity contribution in [2.24, 2.45) is 0 Å². The molecule has 0 unspecified atom stereocenters. The molecule has 1 N–H and O–H groups in total. The fourth-order valence-corrected chi connectivity index (χ4v) is 2.82. The molecular formula is C18H18N2O3. The molecule has 0 aliphatic carbocycles. The molecule has 0 radical (unpaired) electrons. The Bertz CT molecular complexity index is 747. The van der Waals surface area contributed by atoms with Gasteiger partial charge in [-0.15, -0.1) is 0 Å². The van der Waals surface area contributed by atoms with Crippen LogP contribution in [0.2, 0.25) is 0 Å². The number of hydrogen-bond donors (Lipinski definition) is 1. The van der Waals surface area contributed by atoms with Gasteiger partial charge in [-0.05, 0) is 23.9 Å². The predicted molar refractivity (Wildman–Crippen MR) is 87.0 cm³/mol. The van der Waals surface area contributed by atoms with Gasteiger partial charge in [0.1, 0.15) is 6.67 Å². The average molecular weight is 310 g/mol. The topological polar surface area (TPSA) is 66.5 Å². The molecule has 0 fully saturated rings. The highest BCUT2D eigenvalue weighted by molar-refractivity contribution is 6.25. The number of hydrogen-bond acceptors (Lipinski definition) is 3. The Morgan fingerprint density at radius 3 is 2.22 bits per heavy atom. The van der Waals surface area contributed by atoms with Crippen LogP contribution in [0.3, 0.4) is 0 Å². The summed E-state index contributed by atoms with van der Waals surface area (Å²) in [6.45, 7) is 1.91. The number of unbranched alkanes of at least 4 members (excludes halogenated alkanes) is 1. The summed E-state index contributed by atoms with van der Waals surface area (Å²) >= 11 is 0. The molecule has 5 heteroatoms. The fraction of sp³-hybridized carbons (Fsp3) is 0.278. The highest BCUT2D eigenvalue weighted by Crippen LogP contribution is 2.29. The first kappa shape index (κ1) is 15.2. The van der Waals surface area contributed by atoms with Crippen LogP contribution in [-0.4, -0.2) is 29.3 Å². The maximum atomic E-state index is 12.6. The molecule has 1 heterocycles. The molecule has 2 aromatic carbocycles. The normalized spacial score (nSPS) is 13.5. The van der Waals surface area contributed by atoms with Crippen molar-refractivity contribution >= 4 is 28.5 Å². The predicted octanol–water partition coefficient (Wildman–Crippen LogP) is 2.70. The van der Waals surface area contributed by atoms with Crippen molar-refractivity contribution in [1.82, 2.24) is 10.2 Å². The quantitative estimate of drug-likeness (QED) is 0.863. The van der Waals surface area contributed by atoms with E-state index in [1.165, 1.54) is 0 Å². The molecule has 1 aliphatic rings. The van der Waals surface area contributed by atoms with Gasteiger partial charge in [0.15, 0.2) is 0 Å². The van der Waals surface area contributed by atoms with Crippen molar-refractivity contribution in [1.29, 1.82) is 0 Å². The summed E-state index contributed by atoms with van der Waals surface area (Å²) < 4.78 is 0. The molecule has 0 bridgehead atoms. The molecule has 0 atom stereocenters. The number of carbonyl (C=O) groups excluding carboxylic acids is 3. The standard InChI is InChI=1S/C18H18N2O3/c1-2-3-10-15(21)19-11-20-17(22)13-8-4-6-12-7-5-9-14(16(12)13)18(20)23/h4-9H,2-3,10-11H2,1H3,(H,19,21). The van der Waals surface area contributed by atoms with Crippen LogP contribution in [0.1, 0.15) is 46.9 Å². The monoisotopic (exact) mass is 310 g/mol. The Hall–Kier alpha value is -2.69. The van der Waals surface area contributed by atoms with Crippen LogP contribution in [0.25, 0.3) is 10.8 Å². The number of amides is 3. The summed E-state index contributed by atoms with van der Waals surface area (Å²) in [5.41, 5.74) is 1.00. The van der Waals surface area contributed by atoms with E-state index in [0.717, 1.165) is 23.1 Å². The third-order valence-electron chi connectivity index (χ3n) is 4.05. The lowest BCUT2D eigenvalue weighted by atomic mass is 9.94. The molecular weight excluding hydrogens is 292 g/mol. The Kier molecular flexibility index (Phi) is 4.10. The molecule has 0 spiro atoms. The number of benzene rings is 2. The van der Waals surface area contributed by atoms with E-state index in [1.807, 2.05) is 19.1 Å². The summed E-state index contributed by atoms with van der Waals surface area (Å²) in [6, 6.07) is 10.8. The lowest BCUT2D eigenvalue weighted by molar-refractivity contribution is -0.121. The summed E-state index contributed by atoms with van der Waals surface area (Å²) in [5.74, 6) is -0.880. The van der Waals surface area contributed by atoms with Crippen LogP contribution in [0.5, 0.6) is 0 Å². The zero-order chi connectivity index (χ0) is 16.4. The average Bonchev–Trinajstić information content (AvgIpc) is 2.57. The number of carbonyl (C=O) groups is 3. The number of imide groups is 1. The molecule has 5 nitrogen and oxygen atoms in total. The van der Waals surface area contributed by atoms with Gasteiger partial charge in [0.25, 0.3) is 11.8 Å². The molecule has 3 amide bonds. The van der Waals surface area contributed by atoms with Gasteiger partial charge in [0, 0.05) is 22.9 Å². The Morgan fingerprint density at radius 2 is 1.65 bits per heavy atom. The molecule has 3 rings (SSSR count). The minimum Gasteiger partial charge on any atom is -0.338 e. The number of nitrogens with zero attached hydrogens (tertiary/aromatic N) is 1. The third-order valence-corrected chi connectivity index (χ3v) is 4.05. The summed E-state index contributed by atoms with van der Waals surface area (Å²) in [4.78, 5) is 38.0. The van der Waals surface area contributed by atoms with Crippen LogP contribution in [0.4, 0.5) is 0 Å². The van der Waals surface area contributed by atoms with Gasteiger partial charge < -0.3 is 5.32 Å². The highest BCUT2D eigenvalue weighted by Gasteiger charge is 2.32. The van der Waals surface area contributed by atoms with E-state index in [2.05, 4.69) is 5.32 Å². The Balaban J connectivity index is 1.87. The fourth-order valence-electron chi connectivity index (χ4n) is 2.82. The van der Waals surface area contributed by atoms with Crippen LogP contribution >= 0.6 is 0 Å². The van der Waals surface area contributed by atoms with Crippen LogP contribution in [-0.2, 0) is 4.79 Å². The Labute approximate surface area is 134 Å². The first-order valence-corrected chi connectivity index (χ1v) is 7.78. The second kappa shape index (κ2) is 6.20. The van der Waals surface area contributed by atoms with E-state index in [4.69, 9.17) is 0 Å². The lowest BCUT2D eigenvalue weighted by Crippen LogP contribution is -2.46. The van der Waals surface area contributed by atoms with Gasteiger partial charge in [-0.1, -0.05) is 37.6 Å². The smallest absolute Gasteiger partial charge is 0.262 e. The van der Waals surface area contributed by atoms with E-state index < -0.39 is 0 Å². The highest BCUT2D eigenvalue weighted by atomic mass is 16.2. The molecule has 1 aliphatic heterocycles. The zero-order valence-electron chi connectivity index (χ0n) is 13.0. The van der Waals surface area contributed by atoms with E-state index >= 15 is 0 Å². The van der Waals surface area contributed by atoms with E-state index in [0.29, 0.717) is 22.9 Å². The molecule has 23 heavy (non-hydrogen) atoms.